The van der Waals surface area contributed by atoms with E-state index in [0.29, 0.717) is 17.0 Å². The van der Waals surface area contributed by atoms with Crippen LogP contribution in [-0.4, -0.2) is 34.6 Å². The number of carboxylic acid groups (broad SMARTS) is 1. The summed E-state index contributed by atoms with van der Waals surface area (Å²) in [6.07, 6.45) is 6.64. The van der Waals surface area contributed by atoms with Gasteiger partial charge in [0.05, 0.1) is 11.3 Å². The summed E-state index contributed by atoms with van der Waals surface area (Å²) >= 11 is 1.76. The minimum Gasteiger partial charge on any atom is -0.481 e. The number of hydrogen-bond acceptors (Lipinski definition) is 5. The van der Waals surface area contributed by atoms with Crippen LogP contribution in [0, 0.1) is 25.2 Å². The van der Waals surface area contributed by atoms with Crippen molar-refractivity contribution in [1.82, 2.24) is 10.3 Å². The van der Waals surface area contributed by atoms with Gasteiger partial charge in [-0.25, -0.2) is 4.98 Å². The zero-order valence-electron chi connectivity index (χ0n) is 23.8. The first-order valence-electron chi connectivity index (χ1n) is 13.9. The molecule has 6 nitrogen and oxygen atoms in total. The molecule has 39 heavy (non-hydrogen) atoms. The van der Waals surface area contributed by atoms with Crippen LogP contribution in [0.4, 0.5) is 5.13 Å². The molecule has 1 heterocycles. The van der Waals surface area contributed by atoms with Gasteiger partial charge >= 0.3 is 5.97 Å². The van der Waals surface area contributed by atoms with Gasteiger partial charge in [-0.1, -0.05) is 68.0 Å². The number of nitrogens with zero attached hydrogens (tertiary/aromatic N) is 2. The molecular weight excluding hydrogens is 506 g/mol. The Bertz CT molecular complexity index is 1280. The summed E-state index contributed by atoms with van der Waals surface area (Å²) in [7, 11) is 0. The number of carboxylic acids is 1. The predicted octanol–water partition coefficient (Wildman–Crippen LogP) is 7.24. The number of thiazole rings is 1. The summed E-state index contributed by atoms with van der Waals surface area (Å²) in [6.45, 7) is 12.2. The van der Waals surface area contributed by atoms with Crippen molar-refractivity contribution < 1.29 is 14.7 Å². The number of amides is 1. The third kappa shape index (κ3) is 7.47. The Morgan fingerprint density at radius 1 is 1.05 bits per heavy atom. The van der Waals surface area contributed by atoms with Crippen molar-refractivity contribution in [1.29, 1.82) is 0 Å². The second-order valence-electron chi connectivity index (χ2n) is 11.9. The Hall–Kier alpha value is -3.19. The zero-order valence-corrected chi connectivity index (χ0v) is 24.6. The van der Waals surface area contributed by atoms with Crippen molar-refractivity contribution in [2.45, 2.75) is 79.3 Å². The molecule has 0 atom stereocenters. The number of benzene rings is 2. The van der Waals surface area contributed by atoms with Gasteiger partial charge in [0.1, 0.15) is 0 Å². The molecule has 208 valence electrons. The first kappa shape index (κ1) is 28.8. The normalized spacial score (nSPS) is 17.6. The Labute approximate surface area is 236 Å². The number of carbonyl (C=O) groups is 2. The van der Waals surface area contributed by atoms with Gasteiger partial charge in [-0.2, -0.15) is 0 Å². The SMILES string of the molecule is Cc1ccc(-c2cnc(N(Cc3ccc(C(=O)NCCC(=O)O)cc3)C3CCC(C(C)(C)C)CC3)s2)c(C)c1. The molecule has 0 saturated heterocycles. The van der Waals surface area contributed by atoms with E-state index in [1.54, 1.807) is 11.3 Å². The topological polar surface area (TPSA) is 82.5 Å². The van der Waals surface area contributed by atoms with Gasteiger partial charge in [0.2, 0.25) is 0 Å². The second-order valence-corrected chi connectivity index (χ2v) is 12.9. The molecule has 2 N–H and O–H groups in total. The molecule has 1 aliphatic carbocycles. The number of aryl methyl sites for hydroxylation is 2. The molecule has 0 aliphatic heterocycles. The lowest BCUT2D eigenvalue weighted by Gasteiger charge is -2.41. The third-order valence-corrected chi connectivity index (χ3v) is 9.01. The van der Waals surface area contributed by atoms with Crippen LogP contribution in [-0.2, 0) is 11.3 Å². The highest BCUT2D eigenvalue weighted by Gasteiger charge is 2.33. The van der Waals surface area contributed by atoms with Crippen molar-refractivity contribution in [2.24, 2.45) is 11.3 Å². The molecule has 1 fully saturated rings. The monoisotopic (exact) mass is 547 g/mol. The van der Waals surface area contributed by atoms with Crippen molar-refractivity contribution >= 4 is 28.3 Å². The van der Waals surface area contributed by atoms with E-state index in [2.05, 4.69) is 63.0 Å². The standard InChI is InChI=1S/C32H41N3O3S/c1-21-6-15-27(22(2)18-21)28-19-34-31(39-28)35(26-13-11-25(12-14-26)32(3,4)5)20-23-7-9-24(10-8-23)30(38)33-17-16-29(36)37/h6-10,15,18-19,25-26H,11-14,16-17,20H2,1-5H3,(H,33,38)(H,36,37). The van der Waals surface area contributed by atoms with Gasteiger partial charge in [0, 0.05) is 30.9 Å². The molecular formula is C32H41N3O3S. The number of aliphatic carboxylic acids is 1. The van der Waals surface area contributed by atoms with E-state index in [-0.39, 0.29) is 18.9 Å². The molecule has 0 bridgehead atoms. The molecule has 1 aromatic heterocycles. The molecule has 0 radical (unpaired) electrons. The van der Waals surface area contributed by atoms with E-state index in [1.807, 2.05) is 30.5 Å². The summed E-state index contributed by atoms with van der Waals surface area (Å²) in [5, 5.41) is 12.5. The van der Waals surface area contributed by atoms with Crippen molar-refractivity contribution in [3.05, 3.63) is 70.9 Å². The number of anilines is 1. The first-order chi connectivity index (χ1) is 18.5. The van der Waals surface area contributed by atoms with Gasteiger partial charge in [-0.15, -0.1) is 0 Å². The smallest absolute Gasteiger partial charge is 0.305 e. The van der Waals surface area contributed by atoms with Crippen molar-refractivity contribution in [3.8, 4) is 10.4 Å². The molecule has 4 rings (SSSR count). The quantitative estimate of drug-likeness (QED) is 0.295. The Kier molecular flexibility index (Phi) is 9.11. The molecule has 3 aromatic rings. The molecule has 0 unspecified atom stereocenters. The highest BCUT2D eigenvalue weighted by atomic mass is 32.1. The maximum absolute atomic E-state index is 12.4. The summed E-state index contributed by atoms with van der Waals surface area (Å²) in [5.41, 5.74) is 5.75. The van der Waals surface area contributed by atoms with Crippen LogP contribution in [0.25, 0.3) is 10.4 Å². The fraction of sp³-hybridized carbons (Fsp3) is 0.469. The van der Waals surface area contributed by atoms with Crippen LogP contribution >= 0.6 is 11.3 Å². The summed E-state index contributed by atoms with van der Waals surface area (Å²) in [5.74, 6) is -0.445. The van der Waals surface area contributed by atoms with Crippen LogP contribution in [0.3, 0.4) is 0 Å². The fourth-order valence-electron chi connectivity index (χ4n) is 5.56. The van der Waals surface area contributed by atoms with Gasteiger partial charge in [0.15, 0.2) is 5.13 Å². The average molecular weight is 548 g/mol. The van der Waals surface area contributed by atoms with Crippen LogP contribution in [0.15, 0.2) is 48.7 Å². The summed E-state index contributed by atoms with van der Waals surface area (Å²) in [6, 6.07) is 14.6. The lowest BCUT2D eigenvalue weighted by atomic mass is 9.71. The zero-order chi connectivity index (χ0) is 28.2. The molecule has 0 spiro atoms. The maximum Gasteiger partial charge on any atom is 0.305 e. The van der Waals surface area contributed by atoms with Gasteiger partial charge in [-0.3, -0.25) is 9.59 Å². The average Bonchev–Trinajstić information content (AvgIpc) is 3.36. The fourth-order valence-corrected chi connectivity index (χ4v) is 6.64. The molecule has 1 saturated carbocycles. The van der Waals surface area contributed by atoms with Crippen LogP contribution < -0.4 is 10.2 Å². The highest BCUT2D eigenvalue weighted by Crippen LogP contribution is 2.42. The minimum absolute atomic E-state index is 0.0891. The molecule has 2 aromatic carbocycles. The number of aromatic nitrogens is 1. The molecule has 7 heteroatoms. The van der Waals surface area contributed by atoms with E-state index in [4.69, 9.17) is 10.1 Å². The van der Waals surface area contributed by atoms with Gasteiger partial charge in [0.25, 0.3) is 5.91 Å². The summed E-state index contributed by atoms with van der Waals surface area (Å²) < 4.78 is 0. The predicted molar refractivity (Wildman–Crippen MR) is 159 cm³/mol. The van der Waals surface area contributed by atoms with Gasteiger partial charge in [-0.05, 0) is 79.7 Å². The lowest BCUT2D eigenvalue weighted by molar-refractivity contribution is -0.136. The number of carbonyl (C=O) groups excluding carboxylic acids is 1. The van der Waals surface area contributed by atoms with E-state index in [1.165, 1.54) is 34.4 Å². The molecule has 1 aliphatic rings. The third-order valence-electron chi connectivity index (χ3n) is 7.94. The molecule has 1 amide bonds. The largest absolute Gasteiger partial charge is 0.481 e. The maximum atomic E-state index is 12.4. The van der Waals surface area contributed by atoms with Gasteiger partial charge < -0.3 is 15.3 Å². The Morgan fingerprint density at radius 2 is 1.74 bits per heavy atom. The highest BCUT2D eigenvalue weighted by molar-refractivity contribution is 7.18. The Morgan fingerprint density at radius 3 is 2.36 bits per heavy atom. The van der Waals surface area contributed by atoms with Crippen LogP contribution in [0.2, 0.25) is 0 Å². The summed E-state index contributed by atoms with van der Waals surface area (Å²) in [4.78, 5) is 31.7. The second kappa shape index (κ2) is 12.3. The Balaban J connectivity index is 1.54. The van der Waals surface area contributed by atoms with E-state index >= 15 is 0 Å². The lowest BCUT2D eigenvalue weighted by Crippen LogP contribution is -2.39. The number of rotatable bonds is 9. The van der Waals surface area contributed by atoms with E-state index in [9.17, 15) is 9.59 Å². The van der Waals surface area contributed by atoms with Crippen molar-refractivity contribution in [3.63, 3.8) is 0 Å². The number of hydrogen-bond donors (Lipinski definition) is 2. The van der Waals surface area contributed by atoms with E-state index in [0.717, 1.165) is 36.0 Å². The first-order valence-corrected chi connectivity index (χ1v) is 14.7. The number of nitrogens with one attached hydrogen (secondary N) is 1. The minimum atomic E-state index is -0.926. The van der Waals surface area contributed by atoms with E-state index < -0.39 is 5.97 Å². The van der Waals surface area contributed by atoms with Crippen LogP contribution in [0.1, 0.15) is 79.9 Å². The van der Waals surface area contributed by atoms with Crippen LogP contribution in [0.5, 0.6) is 0 Å². The van der Waals surface area contributed by atoms with Crippen molar-refractivity contribution in [2.75, 3.05) is 11.4 Å².